The van der Waals surface area contributed by atoms with Gasteiger partial charge in [0, 0.05) is 0 Å². The molecule has 0 atom stereocenters. The first-order valence-corrected chi connectivity index (χ1v) is 0. The van der Waals surface area contributed by atoms with Crippen LogP contribution in [0.5, 0.6) is 0 Å². The Morgan fingerprint density at radius 2 is 0.0571 bits per heavy atom. The third kappa shape index (κ3) is 1220. The van der Waals surface area contributed by atoms with Crippen molar-refractivity contribution in [1.82, 2.24) is 0 Å². The van der Waals surface area contributed by atoms with E-state index < -0.39 is 0 Å². The Morgan fingerprint density at radius 3 is 0.0571 bits per heavy atom. The van der Waals surface area contributed by atoms with Gasteiger partial charge in [-0.15, -0.1) is 0 Å². The summed E-state index contributed by atoms with van der Waals surface area (Å²) in [5.41, 5.74) is 0. The third-order valence-corrected chi connectivity index (χ3v) is 0. The maximum absolute atomic E-state index is 0. The molecule has 0 rings (SSSR count). The summed E-state index contributed by atoms with van der Waals surface area (Å²) < 4.78 is 0. The van der Waals surface area contributed by atoms with E-state index in [1.54, 1.807) is 0 Å². The van der Waals surface area contributed by atoms with Crippen LogP contribution in [0.2, 0.25) is 0 Å². The summed E-state index contributed by atoms with van der Waals surface area (Å²) in [4.78, 5) is 0. The molecule has 0 aliphatic rings. The lowest BCUT2D eigenvalue weighted by Crippen LogP contribution is -0.382. The van der Waals surface area contributed by atoms with Gasteiger partial charge in [-0.1, -0.05) is 0 Å². The third-order valence-electron chi connectivity index (χ3n) is 0. The van der Waals surface area contributed by atoms with E-state index in [0.29, 0.717) is 0 Å². The fourth-order valence-electron chi connectivity index (χ4n) is 0. The molecular formula is H85Al15O20. The van der Waals surface area contributed by atoms with Gasteiger partial charge in [0.15, 0.2) is 260 Å². The highest BCUT2D eigenvalue weighted by molar-refractivity contribution is 5.77. The van der Waals surface area contributed by atoms with Gasteiger partial charge < -0.3 is 110 Å². The molecule has 0 aromatic heterocycles. The largest absolute Gasteiger partial charge is 0.412 e. The molecule has 0 aliphatic carbocycles. The fraction of sp³-hybridized carbons (Fsp3) is 0. The quantitative estimate of drug-likeness (QED) is 0.206. The molecule has 0 bridgehead atoms. The summed E-state index contributed by atoms with van der Waals surface area (Å²) in [6.45, 7) is 0. The van der Waals surface area contributed by atoms with Gasteiger partial charge in [0.25, 0.3) is 0 Å². The van der Waals surface area contributed by atoms with E-state index in [9.17, 15) is 0 Å². The molecule has 0 aliphatic heterocycles. The molecule has 0 aromatic carbocycles. The second-order valence-corrected chi connectivity index (χ2v) is 0. The van der Waals surface area contributed by atoms with Gasteiger partial charge in [-0.2, -0.15) is 0 Å². The minimum absolute atomic E-state index is 0. The van der Waals surface area contributed by atoms with Crippen LogP contribution in [0, 0.1) is 0 Å². The van der Waals surface area contributed by atoms with Crippen molar-refractivity contribution >= 4 is 260 Å². The standard InChI is InChI=1S/15Al.20H2O.45H/h;;;;;;;;;;;;;;;20*1H2;;;;;;;;;;;;;;;;;;;;;;;;;;;;;;;;;;;;;;;;;;;;;. The topological polar surface area (TPSA) is 630 Å². The molecule has 35 heteroatoms. The SMILES string of the molecule is O.O.O.O.O.O.O.O.O.O.O.O.O.O.O.O.O.O.O.O.[AlH3].[AlH3].[AlH3].[AlH3].[AlH3].[AlH3].[AlH3].[AlH3].[AlH3].[AlH3].[AlH3].[AlH3].[AlH3].[AlH3].[AlH3]. The van der Waals surface area contributed by atoms with Crippen molar-refractivity contribution in [2.75, 3.05) is 0 Å². The summed E-state index contributed by atoms with van der Waals surface area (Å²) >= 11 is 0. The van der Waals surface area contributed by atoms with Crippen molar-refractivity contribution in [3.63, 3.8) is 0 Å². The Labute approximate surface area is 364 Å². The first-order chi connectivity index (χ1) is 0. The Balaban J connectivity index is 0. The molecule has 0 saturated carbocycles. The molecule has 0 unspecified atom stereocenters. The highest BCUT2D eigenvalue weighted by Gasteiger charge is 0.201. The average Bonchev–Trinajstić information content (AvgIpc) is 0. The first kappa shape index (κ1) is 1390. The van der Waals surface area contributed by atoms with E-state index >= 15 is 0 Å². The molecule has 35 heavy (non-hydrogen) atoms. The van der Waals surface area contributed by atoms with Crippen LogP contribution in [0.3, 0.4) is 0 Å². The molecule has 0 heterocycles. The minimum Gasteiger partial charge on any atom is -0.412 e. The van der Waals surface area contributed by atoms with E-state index in [0.717, 1.165) is 0 Å². The lowest BCUT2D eigenvalue weighted by molar-refractivity contribution is 0.823. The van der Waals surface area contributed by atoms with E-state index in [2.05, 4.69) is 0 Å². The highest BCUT2D eigenvalue weighted by atomic mass is 27.0. The Hall–Kier alpha value is 7.19. The van der Waals surface area contributed by atoms with Gasteiger partial charge in [0.05, 0.1) is 0 Å². The van der Waals surface area contributed by atoms with E-state index in [1.807, 2.05) is 0 Å². The van der Waals surface area contributed by atoms with Crippen molar-refractivity contribution < 1.29 is 110 Å². The fourth-order valence-corrected chi connectivity index (χ4v) is 0. The molecule has 0 saturated heterocycles. The van der Waals surface area contributed by atoms with Gasteiger partial charge in [0.1, 0.15) is 0 Å². The molecule has 40 N–H and O–H groups in total. The van der Waals surface area contributed by atoms with Gasteiger partial charge in [-0.3, -0.25) is 0 Å². The maximum Gasteiger partial charge on any atom is 0.187 e. The van der Waals surface area contributed by atoms with E-state index in [-0.39, 0.29) is 370 Å². The van der Waals surface area contributed by atoms with Crippen LogP contribution in [0.15, 0.2) is 0 Å². The van der Waals surface area contributed by atoms with E-state index in [1.165, 1.54) is 0 Å². The van der Waals surface area contributed by atoms with E-state index in [4.69, 9.17) is 0 Å². The van der Waals surface area contributed by atoms with Crippen molar-refractivity contribution in [2.24, 2.45) is 0 Å². The zero-order valence-electron chi connectivity index (χ0n) is 10.0. The van der Waals surface area contributed by atoms with Crippen molar-refractivity contribution in [2.45, 2.75) is 0 Å². The summed E-state index contributed by atoms with van der Waals surface area (Å²) in [5, 5.41) is 0. The Morgan fingerprint density at radius 1 is 0.0571 bits per heavy atom. The lowest BCUT2D eigenvalue weighted by Gasteiger charge is -0.413. The van der Waals surface area contributed by atoms with Gasteiger partial charge in [0.2, 0.25) is 0 Å². The van der Waals surface area contributed by atoms with Crippen molar-refractivity contribution in [1.29, 1.82) is 0 Å². The second kappa shape index (κ2) is 1290. The Bertz CT molecular complexity index is 34.5. The lowest BCUT2D eigenvalue weighted by atomic mass is 16.0. The van der Waals surface area contributed by atoms with Gasteiger partial charge in [-0.05, 0) is 0 Å². The zero-order chi connectivity index (χ0) is 0. The monoisotopic (exact) mass is 810 g/mol. The summed E-state index contributed by atoms with van der Waals surface area (Å²) in [6.07, 6.45) is 0. The van der Waals surface area contributed by atoms with Gasteiger partial charge in [-0.25, -0.2) is 0 Å². The number of hydrogen-bond donors (Lipinski definition) is 0. The number of rotatable bonds is 0. The van der Waals surface area contributed by atoms with Crippen LogP contribution in [0.25, 0.3) is 0 Å². The average molecular weight is 810 g/mol. The second-order valence-electron chi connectivity index (χ2n) is 0. The molecule has 0 spiro atoms. The highest BCUT2D eigenvalue weighted by Crippen LogP contribution is -0.267. The zero-order valence-corrected chi connectivity index (χ0v) is 10.0. The molecule has 20 nitrogen and oxygen atoms in total. The summed E-state index contributed by atoms with van der Waals surface area (Å²) in [6, 6.07) is 0. The smallest absolute Gasteiger partial charge is 0.187 e. The van der Waals surface area contributed by atoms with Crippen LogP contribution in [0.4, 0.5) is 0 Å². The van der Waals surface area contributed by atoms with Crippen molar-refractivity contribution in [3.8, 4) is 0 Å². The van der Waals surface area contributed by atoms with Crippen LogP contribution in [-0.4, -0.2) is 370 Å². The molecule has 0 aromatic rings. The molecular weight excluding hydrogens is 725 g/mol. The van der Waals surface area contributed by atoms with Gasteiger partial charge >= 0.3 is 0 Å². The van der Waals surface area contributed by atoms with Crippen LogP contribution in [0.1, 0.15) is 0 Å². The molecule has 0 radical (unpaired) electrons. The molecule has 250 valence electrons. The normalized spacial score (nSPS) is 0. The minimum atomic E-state index is 0. The van der Waals surface area contributed by atoms with Crippen LogP contribution >= 0.6 is 0 Å². The summed E-state index contributed by atoms with van der Waals surface area (Å²) in [5.74, 6) is 0. The number of hydrogen-bond acceptors (Lipinski definition) is 0. The Kier molecular flexibility index (Phi) is 51000. The van der Waals surface area contributed by atoms with Crippen molar-refractivity contribution in [3.05, 3.63) is 0 Å². The summed E-state index contributed by atoms with van der Waals surface area (Å²) in [7, 11) is 0. The van der Waals surface area contributed by atoms with Crippen LogP contribution < -0.4 is 0 Å². The predicted octanol–water partition coefficient (Wildman–Crippen LogP) is -34.3. The predicted molar refractivity (Wildman–Crippen MR) is 221 cm³/mol. The van der Waals surface area contributed by atoms with Crippen LogP contribution in [-0.2, 0) is 0 Å². The molecule has 0 fully saturated rings. The molecule has 0 amide bonds. The first-order valence-electron chi connectivity index (χ1n) is 0. The maximum atomic E-state index is 0.